The van der Waals surface area contributed by atoms with Gasteiger partial charge in [-0.25, -0.2) is 0 Å². The van der Waals surface area contributed by atoms with Gasteiger partial charge in [-0.05, 0) is 25.0 Å². The molecule has 2 aromatic rings. The summed E-state index contributed by atoms with van der Waals surface area (Å²) in [6, 6.07) is 10.0. The summed E-state index contributed by atoms with van der Waals surface area (Å²) in [7, 11) is 0. The average molecular weight is 242 g/mol. The average Bonchev–Trinajstić information content (AvgIpc) is 2.40. The molecule has 0 fully saturated rings. The summed E-state index contributed by atoms with van der Waals surface area (Å²) >= 11 is 0. The lowest BCUT2D eigenvalue weighted by atomic mass is 10.1. The first-order valence-electron chi connectivity index (χ1n) is 6.28. The Bertz CT molecular complexity index is 511. The molecule has 1 aromatic heterocycles. The Morgan fingerprint density at radius 2 is 2.00 bits per heavy atom. The van der Waals surface area contributed by atoms with E-state index in [0.29, 0.717) is 0 Å². The first-order chi connectivity index (χ1) is 8.83. The minimum absolute atomic E-state index is 0.759. The van der Waals surface area contributed by atoms with Gasteiger partial charge < -0.3 is 10.1 Å². The fraction of sp³-hybridized carbons (Fsp3) is 0.267. The van der Waals surface area contributed by atoms with Crippen molar-refractivity contribution in [3.05, 3.63) is 48.3 Å². The third-order valence-electron chi connectivity index (χ3n) is 2.68. The minimum atomic E-state index is 0.759. The van der Waals surface area contributed by atoms with Gasteiger partial charge in [0, 0.05) is 12.6 Å². The first-order valence-corrected chi connectivity index (χ1v) is 6.28. The number of nitrogens with one attached hydrogen (secondary N) is 1. The van der Waals surface area contributed by atoms with Gasteiger partial charge in [-0.15, -0.1) is 0 Å². The van der Waals surface area contributed by atoms with Gasteiger partial charge >= 0.3 is 0 Å². The van der Waals surface area contributed by atoms with Crippen molar-refractivity contribution in [2.75, 3.05) is 11.9 Å². The molecule has 0 bridgehead atoms. The van der Waals surface area contributed by atoms with Crippen molar-refractivity contribution in [2.24, 2.45) is 0 Å². The SMILES string of the molecule is CCNc1cncc(Oc2ccccc2CC)c1. The number of nitrogens with zero attached hydrogens (tertiary/aromatic N) is 1. The highest BCUT2D eigenvalue weighted by molar-refractivity contribution is 5.47. The molecule has 94 valence electrons. The van der Waals surface area contributed by atoms with Crippen LogP contribution in [0.3, 0.4) is 0 Å². The highest BCUT2D eigenvalue weighted by Gasteiger charge is 2.03. The van der Waals surface area contributed by atoms with Crippen LogP contribution in [0.1, 0.15) is 19.4 Å². The van der Waals surface area contributed by atoms with Crippen molar-refractivity contribution >= 4 is 5.69 Å². The van der Waals surface area contributed by atoms with E-state index in [1.807, 2.05) is 24.3 Å². The second kappa shape index (κ2) is 6.05. The summed E-state index contributed by atoms with van der Waals surface area (Å²) in [4.78, 5) is 4.17. The molecule has 3 heteroatoms. The predicted octanol–water partition coefficient (Wildman–Crippen LogP) is 3.87. The number of hydrogen-bond acceptors (Lipinski definition) is 3. The lowest BCUT2D eigenvalue weighted by molar-refractivity contribution is 0.475. The summed E-state index contributed by atoms with van der Waals surface area (Å²) in [6.45, 7) is 5.05. The Labute approximate surface area is 108 Å². The zero-order valence-electron chi connectivity index (χ0n) is 10.8. The molecule has 0 saturated heterocycles. The van der Waals surface area contributed by atoms with Crippen LogP contribution in [0.4, 0.5) is 5.69 Å². The Hall–Kier alpha value is -2.03. The van der Waals surface area contributed by atoms with Gasteiger partial charge in [0.05, 0.1) is 18.1 Å². The molecule has 0 amide bonds. The Morgan fingerprint density at radius 3 is 2.78 bits per heavy atom. The third kappa shape index (κ3) is 3.00. The van der Waals surface area contributed by atoms with Crippen LogP contribution in [0.5, 0.6) is 11.5 Å². The van der Waals surface area contributed by atoms with Crippen LogP contribution in [-0.4, -0.2) is 11.5 Å². The number of hydrogen-bond donors (Lipinski definition) is 1. The zero-order chi connectivity index (χ0) is 12.8. The quantitative estimate of drug-likeness (QED) is 0.864. The molecule has 3 nitrogen and oxygen atoms in total. The molecule has 0 radical (unpaired) electrons. The van der Waals surface area contributed by atoms with Crippen molar-refractivity contribution in [1.82, 2.24) is 4.98 Å². The predicted molar refractivity (Wildman–Crippen MR) is 74.3 cm³/mol. The van der Waals surface area contributed by atoms with Gasteiger partial charge in [-0.3, -0.25) is 4.98 Å². The maximum atomic E-state index is 5.88. The normalized spacial score (nSPS) is 10.1. The summed E-state index contributed by atoms with van der Waals surface area (Å²) in [5.74, 6) is 1.66. The molecule has 1 heterocycles. The van der Waals surface area contributed by atoms with Crippen molar-refractivity contribution in [3.63, 3.8) is 0 Å². The van der Waals surface area contributed by atoms with E-state index >= 15 is 0 Å². The molecular weight excluding hydrogens is 224 g/mol. The van der Waals surface area contributed by atoms with Crippen molar-refractivity contribution in [2.45, 2.75) is 20.3 Å². The molecule has 0 atom stereocenters. The van der Waals surface area contributed by atoms with Crippen molar-refractivity contribution in [3.8, 4) is 11.5 Å². The van der Waals surface area contributed by atoms with Crippen LogP contribution in [0.25, 0.3) is 0 Å². The zero-order valence-corrected chi connectivity index (χ0v) is 10.8. The molecule has 0 aliphatic carbocycles. The van der Waals surface area contributed by atoms with Gasteiger partial charge in [0.1, 0.15) is 11.5 Å². The third-order valence-corrected chi connectivity index (χ3v) is 2.68. The summed E-state index contributed by atoms with van der Waals surface area (Å²) in [5.41, 5.74) is 2.18. The van der Waals surface area contributed by atoms with E-state index in [4.69, 9.17) is 4.74 Å². The maximum absolute atomic E-state index is 5.88. The van der Waals surface area contributed by atoms with Gasteiger partial charge in [0.2, 0.25) is 0 Å². The molecular formula is C15H18N2O. The highest BCUT2D eigenvalue weighted by atomic mass is 16.5. The number of aryl methyl sites for hydroxylation is 1. The number of anilines is 1. The molecule has 0 aliphatic rings. The fourth-order valence-electron chi connectivity index (χ4n) is 1.80. The van der Waals surface area contributed by atoms with Crippen LogP contribution in [0.15, 0.2) is 42.7 Å². The van der Waals surface area contributed by atoms with Crippen LogP contribution in [0.2, 0.25) is 0 Å². The van der Waals surface area contributed by atoms with E-state index < -0.39 is 0 Å². The van der Waals surface area contributed by atoms with Crippen LogP contribution >= 0.6 is 0 Å². The lowest BCUT2D eigenvalue weighted by Crippen LogP contribution is -1.97. The summed E-state index contributed by atoms with van der Waals surface area (Å²) in [5, 5.41) is 3.22. The second-order valence-corrected chi connectivity index (χ2v) is 4.00. The van der Waals surface area contributed by atoms with E-state index in [0.717, 1.165) is 30.2 Å². The summed E-state index contributed by atoms with van der Waals surface area (Å²) < 4.78 is 5.88. The topological polar surface area (TPSA) is 34.2 Å². The van der Waals surface area contributed by atoms with E-state index in [1.54, 1.807) is 12.4 Å². The number of rotatable bonds is 5. The first kappa shape index (κ1) is 12.4. The molecule has 18 heavy (non-hydrogen) atoms. The lowest BCUT2D eigenvalue weighted by Gasteiger charge is -2.10. The number of ether oxygens (including phenoxy) is 1. The Balaban J connectivity index is 2.20. The molecule has 0 aliphatic heterocycles. The van der Waals surface area contributed by atoms with Crippen LogP contribution < -0.4 is 10.1 Å². The molecule has 0 spiro atoms. The van der Waals surface area contributed by atoms with Gasteiger partial charge in [-0.1, -0.05) is 25.1 Å². The number of para-hydroxylation sites is 1. The van der Waals surface area contributed by atoms with Gasteiger partial charge in [-0.2, -0.15) is 0 Å². The second-order valence-electron chi connectivity index (χ2n) is 4.00. The van der Waals surface area contributed by atoms with Crippen LogP contribution in [-0.2, 0) is 6.42 Å². The molecule has 1 aromatic carbocycles. The number of benzene rings is 1. The van der Waals surface area contributed by atoms with E-state index in [9.17, 15) is 0 Å². The maximum Gasteiger partial charge on any atom is 0.147 e. The van der Waals surface area contributed by atoms with Gasteiger partial charge in [0.15, 0.2) is 0 Å². The number of aromatic nitrogens is 1. The van der Waals surface area contributed by atoms with Gasteiger partial charge in [0.25, 0.3) is 0 Å². The van der Waals surface area contributed by atoms with Crippen molar-refractivity contribution < 1.29 is 4.74 Å². The van der Waals surface area contributed by atoms with Crippen LogP contribution in [0, 0.1) is 0 Å². The van der Waals surface area contributed by atoms with E-state index in [1.165, 1.54) is 5.56 Å². The summed E-state index contributed by atoms with van der Waals surface area (Å²) in [6.07, 6.45) is 4.48. The smallest absolute Gasteiger partial charge is 0.147 e. The standard InChI is InChI=1S/C15H18N2O/c1-3-12-7-5-6-8-15(12)18-14-9-13(17-4-2)10-16-11-14/h5-11,17H,3-4H2,1-2H3. The molecule has 2 rings (SSSR count). The highest BCUT2D eigenvalue weighted by Crippen LogP contribution is 2.26. The fourth-order valence-corrected chi connectivity index (χ4v) is 1.80. The van der Waals surface area contributed by atoms with E-state index in [2.05, 4.69) is 30.2 Å². The van der Waals surface area contributed by atoms with E-state index in [-0.39, 0.29) is 0 Å². The number of pyridine rings is 1. The molecule has 0 saturated carbocycles. The molecule has 1 N–H and O–H groups in total. The Morgan fingerprint density at radius 1 is 1.17 bits per heavy atom. The monoisotopic (exact) mass is 242 g/mol. The molecule has 0 unspecified atom stereocenters. The largest absolute Gasteiger partial charge is 0.455 e. The minimum Gasteiger partial charge on any atom is -0.455 e. The Kier molecular flexibility index (Phi) is 4.18. The van der Waals surface area contributed by atoms with Crippen molar-refractivity contribution in [1.29, 1.82) is 0 Å².